The molecule has 17 heavy (non-hydrogen) atoms. The maximum atomic E-state index is 5.89. The number of ether oxygens (including phenoxy) is 1. The van der Waals surface area contributed by atoms with Gasteiger partial charge in [-0.05, 0) is 44.4 Å². The highest BCUT2D eigenvalue weighted by atomic mass is 16.5. The molecule has 0 spiro atoms. The molecule has 2 aliphatic rings. The maximum Gasteiger partial charge on any atom is 0.0704 e. The van der Waals surface area contributed by atoms with E-state index in [1.807, 2.05) is 0 Å². The second-order valence-corrected chi connectivity index (χ2v) is 6.35. The van der Waals surface area contributed by atoms with Crippen LogP contribution in [0.5, 0.6) is 0 Å². The van der Waals surface area contributed by atoms with Gasteiger partial charge in [0.05, 0.1) is 12.2 Å². The van der Waals surface area contributed by atoms with Crippen LogP contribution in [0.2, 0.25) is 0 Å². The van der Waals surface area contributed by atoms with E-state index in [4.69, 9.17) is 4.74 Å². The zero-order chi connectivity index (χ0) is 12.3. The molecule has 0 radical (unpaired) electrons. The Kier molecular flexibility index (Phi) is 4.87. The molecule has 1 saturated carbocycles. The molecule has 4 unspecified atom stereocenters. The zero-order valence-corrected chi connectivity index (χ0v) is 11.7. The predicted molar refractivity (Wildman–Crippen MR) is 72.2 cm³/mol. The van der Waals surface area contributed by atoms with E-state index in [0.717, 1.165) is 24.4 Å². The van der Waals surface area contributed by atoms with Crippen molar-refractivity contribution in [1.82, 2.24) is 5.32 Å². The van der Waals surface area contributed by atoms with Gasteiger partial charge in [-0.2, -0.15) is 0 Å². The minimum Gasteiger partial charge on any atom is -0.374 e. The third kappa shape index (κ3) is 3.69. The molecule has 0 aromatic heterocycles. The van der Waals surface area contributed by atoms with Crippen molar-refractivity contribution in [2.75, 3.05) is 6.54 Å². The Morgan fingerprint density at radius 3 is 2.53 bits per heavy atom. The third-order valence-corrected chi connectivity index (χ3v) is 4.60. The normalized spacial score (nSPS) is 38.8. The summed E-state index contributed by atoms with van der Waals surface area (Å²) < 4.78 is 5.89. The van der Waals surface area contributed by atoms with E-state index in [9.17, 15) is 0 Å². The summed E-state index contributed by atoms with van der Waals surface area (Å²) in [6.45, 7) is 8.01. The van der Waals surface area contributed by atoms with E-state index in [0.29, 0.717) is 12.2 Å². The van der Waals surface area contributed by atoms with Crippen LogP contribution in [0.25, 0.3) is 0 Å². The number of rotatable bonds is 4. The van der Waals surface area contributed by atoms with E-state index in [1.165, 1.54) is 38.5 Å². The van der Waals surface area contributed by atoms with E-state index in [-0.39, 0.29) is 0 Å². The van der Waals surface area contributed by atoms with Gasteiger partial charge in [-0.3, -0.25) is 0 Å². The lowest BCUT2D eigenvalue weighted by Gasteiger charge is -2.35. The molecule has 0 aromatic carbocycles. The van der Waals surface area contributed by atoms with Crippen LogP contribution < -0.4 is 5.32 Å². The van der Waals surface area contributed by atoms with Gasteiger partial charge in [0.2, 0.25) is 0 Å². The molecule has 1 N–H and O–H groups in total. The highest BCUT2D eigenvalue weighted by Gasteiger charge is 2.29. The second-order valence-electron chi connectivity index (χ2n) is 6.35. The number of hydrogen-bond donors (Lipinski definition) is 1. The molecule has 100 valence electrons. The van der Waals surface area contributed by atoms with Crippen LogP contribution in [-0.2, 0) is 4.74 Å². The summed E-state index contributed by atoms with van der Waals surface area (Å²) in [6, 6.07) is 0.739. The molecule has 2 heteroatoms. The second kappa shape index (κ2) is 6.19. The summed E-state index contributed by atoms with van der Waals surface area (Å²) in [6.07, 6.45) is 9.05. The van der Waals surface area contributed by atoms with Crippen molar-refractivity contribution in [2.45, 2.75) is 77.5 Å². The van der Waals surface area contributed by atoms with Crippen LogP contribution in [0.1, 0.15) is 59.3 Å². The van der Waals surface area contributed by atoms with Gasteiger partial charge in [0.15, 0.2) is 0 Å². The molecule has 2 fully saturated rings. The van der Waals surface area contributed by atoms with Gasteiger partial charge in [-0.25, -0.2) is 0 Å². The molecule has 0 bridgehead atoms. The Morgan fingerprint density at radius 2 is 1.88 bits per heavy atom. The Hall–Kier alpha value is -0.0800. The smallest absolute Gasteiger partial charge is 0.0704 e. The molecule has 0 aromatic rings. The fraction of sp³-hybridized carbons (Fsp3) is 1.00. The van der Waals surface area contributed by atoms with Crippen molar-refractivity contribution in [1.29, 1.82) is 0 Å². The summed E-state index contributed by atoms with van der Waals surface area (Å²) in [5.74, 6) is 1.69. The Balaban J connectivity index is 1.76. The summed E-state index contributed by atoms with van der Waals surface area (Å²) in [5.41, 5.74) is 0. The Labute approximate surface area is 107 Å². The average Bonchev–Trinajstić information content (AvgIpc) is 2.73. The van der Waals surface area contributed by atoms with Crippen molar-refractivity contribution in [3.05, 3.63) is 0 Å². The minimum atomic E-state index is 0.472. The summed E-state index contributed by atoms with van der Waals surface area (Å²) in [7, 11) is 0. The monoisotopic (exact) mass is 239 g/mol. The first-order chi connectivity index (χ1) is 8.16. The van der Waals surface area contributed by atoms with Crippen molar-refractivity contribution < 1.29 is 4.74 Å². The minimum absolute atomic E-state index is 0.472. The average molecular weight is 239 g/mol. The van der Waals surface area contributed by atoms with Crippen molar-refractivity contribution >= 4 is 0 Å². The largest absolute Gasteiger partial charge is 0.374 e. The van der Waals surface area contributed by atoms with Crippen LogP contribution in [-0.4, -0.2) is 24.8 Å². The molecule has 1 saturated heterocycles. The maximum absolute atomic E-state index is 5.89. The van der Waals surface area contributed by atoms with Crippen LogP contribution in [0.4, 0.5) is 0 Å². The molecule has 2 nitrogen and oxygen atoms in total. The first-order valence-corrected chi connectivity index (χ1v) is 7.55. The summed E-state index contributed by atoms with van der Waals surface area (Å²) in [5, 5.41) is 3.79. The molecule has 1 heterocycles. The summed E-state index contributed by atoms with van der Waals surface area (Å²) in [4.78, 5) is 0. The molecule has 4 atom stereocenters. The van der Waals surface area contributed by atoms with Crippen molar-refractivity contribution in [3.8, 4) is 0 Å². The fourth-order valence-electron chi connectivity index (χ4n) is 3.53. The molecular formula is C15H29NO. The van der Waals surface area contributed by atoms with E-state index in [2.05, 4.69) is 26.1 Å². The number of hydrogen-bond acceptors (Lipinski definition) is 2. The van der Waals surface area contributed by atoms with Gasteiger partial charge in [-0.1, -0.05) is 26.7 Å². The van der Waals surface area contributed by atoms with Crippen LogP contribution in [0.15, 0.2) is 0 Å². The van der Waals surface area contributed by atoms with Gasteiger partial charge in [-0.15, -0.1) is 0 Å². The number of nitrogens with one attached hydrogen (secondary N) is 1. The van der Waals surface area contributed by atoms with Gasteiger partial charge >= 0.3 is 0 Å². The van der Waals surface area contributed by atoms with E-state index in [1.54, 1.807) is 0 Å². The predicted octanol–water partition coefficient (Wildman–Crippen LogP) is 3.36. The van der Waals surface area contributed by atoms with Gasteiger partial charge in [0.1, 0.15) is 0 Å². The van der Waals surface area contributed by atoms with Crippen molar-refractivity contribution in [2.24, 2.45) is 11.8 Å². The lowest BCUT2D eigenvalue weighted by atomic mass is 9.78. The highest BCUT2D eigenvalue weighted by Crippen LogP contribution is 2.30. The van der Waals surface area contributed by atoms with Crippen LogP contribution >= 0.6 is 0 Å². The molecular weight excluding hydrogens is 210 g/mol. The van der Waals surface area contributed by atoms with Gasteiger partial charge < -0.3 is 10.1 Å². The van der Waals surface area contributed by atoms with Gasteiger partial charge in [0.25, 0.3) is 0 Å². The van der Waals surface area contributed by atoms with E-state index < -0.39 is 0 Å². The molecule has 2 rings (SSSR count). The Bertz CT molecular complexity index is 229. The van der Waals surface area contributed by atoms with Crippen LogP contribution in [0.3, 0.4) is 0 Å². The molecule has 1 aliphatic carbocycles. The first kappa shape index (κ1) is 13.4. The van der Waals surface area contributed by atoms with Crippen molar-refractivity contribution in [3.63, 3.8) is 0 Å². The molecule has 0 amide bonds. The van der Waals surface area contributed by atoms with Crippen LogP contribution in [0, 0.1) is 11.8 Å². The Morgan fingerprint density at radius 1 is 1.12 bits per heavy atom. The third-order valence-electron chi connectivity index (χ3n) is 4.60. The van der Waals surface area contributed by atoms with E-state index >= 15 is 0 Å². The SMILES string of the molecule is CC1CCC(CNC2CCCCC2C(C)C)O1. The lowest BCUT2D eigenvalue weighted by Crippen LogP contribution is -2.43. The first-order valence-electron chi connectivity index (χ1n) is 7.55. The fourth-order valence-corrected chi connectivity index (χ4v) is 3.53. The quantitative estimate of drug-likeness (QED) is 0.812. The molecule has 1 aliphatic heterocycles. The van der Waals surface area contributed by atoms with Gasteiger partial charge in [0, 0.05) is 12.6 Å². The summed E-state index contributed by atoms with van der Waals surface area (Å²) >= 11 is 0. The highest BCUT2D eigenvalue weighted by molar-refractivity contribution is 4.84. The lowest BCUT2D eigenvalue weighted by molar-refractivity contribution is 0.0502. The standard InChI is InChI=1S/C15H29NO/c1-11(2)14-6-4-5-7-15(14)16-10-13-9-8-12(3)17-13/h11-16H,4-10H2,1-3H3. The topological polar surface area (TPSA) is 21.3 Å². The zero-order valence-electron chi connectivity index (χ0n) is 11.7.